The number of hydrogen-bond donors (Lipinski definition) is 1. The monoisotopic (exact) mass is 69.1 g/mol. The zero-order chi connectivity index (χ0) is 4.28. The number of allylic oxidation sites excluding steroid dienone is 1. The van der Waals surface area contributed by atoms with Gasteiger partial charge in [0, 0.05) is 5.70 Å². The summed E-state index contributed by atoms with van der Waals surface area (Å²) >= 11 is 0. The minimum absolute atomic E-state index is 0.389. The van der Waals surface area contributed by atoms with Crippen molar-refractivity contribution in [2.24, 2.45) is 5.73 Å². The summed E-state index contributed by atoms with van der Waals surface area (Å²) in [7, 11) is 0. The van der Waals surface area contributed by atoms with Gasteiger partial charge in [-0.15, -0.1) is 0 Å². The van der Waals surface area contributed by atoms with Crippen LogP contribution in [0.5, 0.6) is 0 Å². The van der Waals surface area contributed by atoms with Gasteiger partial charge in [0.2, 0.25) is 0 Å². The van der Waals surface area contributed by atoms with Crippen LogP contribution in [0.1, 0.15) is 6.42 Å². The molecule has 0 aliphatic rings. The molecule has 0 bridgehead atoms. The fraction of sp³-hybridized carbons (Fsp3) is 0.250. The first-order valence-corrected chi connectivity index (χ1v) is 1.40. The molecule has 28 valence electrons. The average Bonchev–Trinajstić information content (AvgIpc) is 1.38. The zero-order valence-electron chi connectivity index (χ0n) is 3.07. The summed E-state index contributed by atoms with van der Waals surface area (Å²) in [6.07, 6.45) is 0.389. The molecule has 0 aliphatic heterocycles. The second-order valence-electron chi connectivity index (χ2n) is 0.862. The maximum absolute atomic E-state index is 4.97. The highest BCUT2D eigenvalue weighted by atomic mass is 14.5. The standard InChI is InChI=1S/C4H7N/c1-3-4(2)5/h1H,2-3,5H2. The third-order valence-corrected chi connectivity index (χ3v) is 0.262. The molecule has 0 rings (SSSR count). The van der Waals surface area contributed by atoms with Gasteiger partial charge in [0.05, 0.1) is 0 Å². The van der Waals surface area contributed by atoms with Crippen molar-refractivity contribution < 1.29 is 0 Å². The molecule has 2 radical (unpaired) electrons. The molecule has 0 fully saturated rings. The maximum atomic E-state index is 4.97. The van der Waals surface area contributed by atoms with Crippen LogP contribution >= 0.6 is 0 Å². The SMILES string of the molecule is [CH]CC(=C)N. The van der Waals surface area contributed by atoms with Crippen molar-refractivity contribution in [2.45, 2.75) is 6.42 Å². The van der Waals surface area contributed by atoms with Crippen LogP contribution in [0.2, 0.25) is 0 Å². The minimum Gasteiger partial charge on any atom is -0.403 e. The van der Waals surface area contributed by atoms with Crippen molar-refractivity contribution >= 4 is 0 Å². The Labute approximate surface area is 32.5 Å². The molecule has 0 aromatic heterocycles. The smallest absolute Gasteiger partial charge is 0.00104 e. The van der Waals surface area contributed by atoms with Gasteiger partial charge in [0.15, 0.2) is 0 Å². The second-order valence-corrected chi connectivity index (χ2v) is 0.862. The Hall–Kier alpha value is -0.460. The fourth-order valence-electron chi connectivity index (χ4n) is 0. The first kappa shape index (κ1) is 4.54. The Morgan fingerprint density at radius 1 is 2.00 bits per heavy atom. The molecule has 0 heterocycles. The summed E-state index contributed by atoms with van der Waals surface area (Å²) < 4.78 is 0. The Morgan fingerprint density at radius 3 is 2.20 bits per heavy atom. The van der Waals surface area contributed by atoms with Crippen LogP contribution in [0.25, 0.3) is 0 Å². The van der Waals surface area contributed by atoms with Crippen LogP contribution in [0, 0.1) is 6.92 Å². The van der Waals surface area contributed by atoms with Crippen molar-refractivity contribution in [1.29, 1.82) is 0 Å². The summed E-state index contributed by atoms with van der Waals surface area (Å²) in [6, 6.07) is 0. The van der Waals surface area contributed by atoms with Crippen LogP contribution in [-0.4, -0.2) is 0 Å². The highest BCUT2D eigenvalue weighted by molar-refractivity contribution is 4.85. The highest BCUT2D eigenvalue weighted by Gasteiger charge is 1.68. The van der Waals surface area contributed by atoms with Crippen molar-refractivity contribution in [3.8, 4) is 0 Å². The summed E-state index contributed by atoms with van der Waals surface area (Å²) in [5, 5.41) is 0. The van der Waals surface area contributed by atoms with Gasteiger partial charge < -0.3 is 5.73 Å². The highest BCUT2D eigenvalue weighted by Crippen LogP contribution is 1.78. The van der Waals surface area contributed by atoms with Crippen LogP contribution in [0.3, 0.4) is 0 Å². The van der Waals surface area contributed by atoms with Crippen LogP contribution in [-0.2, 0) is 0 Å². The molecule has 1 nitrogen and oxygen atoms in total. The summed E-state index contributed by atoms with van der Waals surface area (Å²) in [6.45, 7) is 8.27. The van der Waals surface area contributed by atoms with Crippen molar-refractivity contribution in [3.05, 3.63) is 19.2 Å². The molecular weight excluding hydrogens is 62.1 g/mol. The van der Waals surface area contributed by atoms with E-state index in [2.05, 4.69) is 6.58 Å². The van der Waals surface area contributed by atoms with Gasteiger partial charge in [0.25, 0.3) is 0 Å². The number of nitrogens with two attached hydrogens (primary N) is 1. The average molecular weight is 69.1 g/mol. The predicted octanol–water partition coefficient (Wildman–Crippen LogP) is 0.560. The summed E-state index contributed by atoms with van der Waals surface area (Å²) in [5.74, 6) is 0. The van der Waals surface area contributed by atoms with E-state index in [0.717, 1.165) is 0 Å². The third-order valence-electron chi connectivity index (χ3n) is 0.262. The molecule has 1 heteroatoms. The van der Waals surface area contributed by atoms with E-state index in [0.29, 0.717) is 12.1 Å². The van der Waals surface area contributed by atoms with E-state index < -0.39 is 0 Å². The first-order chi connectivity index (χ1) is 2.27. The molecular formula is C4H7N. The molecule has 0 aromatic carbocycles. The van der Waals surface area contributed by atoms with Gasteiger partial charge in [-0.25, -0.2) is 0 Å². The van der Waals surface area contributed by atoms with E-state index in [1.165, 1.54) is 0 Å². The maximum Gasteiger partial charge on any atom is 0.00104 e. The number of rotatable bonds is 1. The van der Waals surface area contributed by atoms with E-state index >= 15 is 0 Å². The molecule has 2 N–H and O–H groups in total. The third kappa shape index (κ3) is 3.54. The minimum atomic E-state index is 0.389. The second kappa shape index (κ2) is 1.82. The van der Waals surface area contributed by atoms with Crippen LogP contribution in [0.4, 0.5) is 0 Å². The van der Waals surface area contributed by atoms with Crippen molar-refractivity contribution in [2.75, 3.05) is 0 Å². The lowest BCUT2D eigenvalue weighted by atomic mass is 10.4. The van der Waals surface area contributed by atoms with E-state index in [9.17, 15) is 0 Å². The van der Waals surface area contributed by atoms with Gasteiger partial charge in [-0.2, -0.15) is 0 Å². The van der Waals surface area contributed by atoms with E-state index in [1.807, 2.05) is 0 Å². The van der Waals surface area contributed by atoms with Gasteiger partial charge in [-0.1, -0.05) is 6.58 Å². The van der Waals surface area contributed by atoms with Crippen molar-refractivity contribution in [1.82, 2.24) is 0 Å². The molecule has 5 heavy (non-hydrogen) atoms. The van der Waals surface area contributed by atoms with E-state index in [-0.39, 0.29) is 0 Å². The summed E-state index contributed by atoms with van der Waals surface area (Å²) in [5.41, 5.74) is 5.50. The van der Waals surface area contributed by atoms with Crippen LogP contribution < -0.4 is 5.73 Å². The number of hydrogen-bond acceptors (Lipinski definition) is 1. The van der Waals surface area contributed by atoms with E-state index in [1.54, 1.807) is 0 Å². The normalized spacial score (nSPS) is 7.40. The Morgan fingerprint density at radius 2 is 2.20 bits per heavy atom. The molecule has 0 aromatic rings. The van der Waals surface area contributed by atoms with Gasteiger partial charge in [-0.3, -0.25) is 0 Å². The van der Waals surface area contributed by atoms with E-state index in [4.69, 9.17) is 12.7 Å². The molecule has 0 spiro atoms. The fourth-order valence-corrected chi connectivity index (χ4v) is 0. The Bertz CT molecular complexity index is 38.9. The van der Waals surface area contributed by atoms with Gasteiger partial charge in [-0.05, 0) is 13.3 Å². The van der Waals surface area contributed by atoms with Crippen molar-refractivity contribution in [3.63, 3.8) is 0 Å². The molecule has 0 aliphatic carbocycles. The largest absolute Gasteiger partial charge is 0.403 e. The Kier molecular flexibility index (Phi) is 1.65. The van der Waals surface area contributed by atoms with Crippen LogP contribution in [0.15, 0.2) is 12.3 Å². The zero-order valence-corrected chi connectivity index (χ0v) is 3.07. The quantitative estimate of drug-likeness (QED) is 0.478. The first-order valence-electron chi connectivity index (χ1n) is 1.40. The molecule has 0 unspecified atom stereocenters. The lowest BCUT2D eigenvalue weighted by molar-refractivity contribution is 1.18. The molecule has 0 atom stereocenters. The molecule has 0 saturated heterocycles. The molecule has 0 amide bonds. The lowest BCUT2D eigenvalue weighted by Gasteiger charge is -1.81. The molecule has 0 saturated carbocycles. The summed E-state index contributed by atoms with van der Waals surface area (Å²) in [4.78, 5) is 0. The predicted molar refractivity (Wildman–Crippen MR) is 22.2 cm³/mol. The Balaban J connectivity index is 2.85. The van der Waals surface area contributed by atoms with Gasteiger partial charge in [0.1, 0.15) is 0 Å². The van der Waals surface area contributed by atoms with Gasteiger partial charge >= 0.3 is 0 Å². The topological polar surface area (TPSA) is 26.0 Å². The lowest BCUT2D eigenvalue weighted by Crippen LogP contribution is -1.89.